The van der Waals surface area contributed by atoms with Crippen LogP contribution in [0.15, 0.2) is 86.0 Å². The number of hydrogen-bond acceptors (Lipinski definition) is 1. The van der Waals surface area contributed by atoms with Crippen LogP contribution in [0.2, 0.25) is 0 Å². The molecule has 0 N–H and O–H groups in total. The summed E-state index contributed by atoms with van der Waals surface area (Å²) in [5.41, 5.74) is 2.51. The van der Waals surface area contributed by atoms with Crippen molar-refractivity contribution in [2.75, 3.05) is 0 Å². The van der Waals surface area contributed by atoms with Gasteiger partial charge in [-0.25, -0.2) is 0 Å². The molecular formula is C22H26O. The summed E-state index contributed by atoms with van der Waals surface area (Å²) < 4.78 is 6.35. The molecule has 0 amide bonds. The smallest absolute Gasteiger partial charge is 0.0827 e. The molecular weight excluding hydrogens is 280 g/mol. The number of ether oxygens (including phenoxy) is 1. The second-order valence-electron chi connectivity index (χ2n) is 5.94. The van der Waals surface area contributed by atoms with Crippen molar-refractivity contribution in [3.05, 3.63) is 97.1 Å². The lowest BCUT2D eigenvalue weighted by Crippen LogP contribution is -2.27. The molecule has 120 valence electrons. The van der Waals surface area contributed by atoms with Gasteiger partial charge in [-0.2, -0.15) is 0 Å². The average Bonchev–Trinajstić information content (AvgIpc) is 2.63. The molecule has 0 aromatic heterocycles. The van der Waals surface area contributed by atoms with Crippen LogP contribution in [0.25, 0.3) is 0 Å². The minimum absolute atomic E-state index is 0.0495. The summed E-state index contributed by atoms with van der Waals surface area (Å²) in [6.07, 6.45) is 3.69. The van der Waals surface area contributed by atoms with Crippen molar-refractivity contribution < 1.29 is 4.74 Å². The molecule has 0 spiro atoms. The first-order chi connectivity index (χ1) is 11.2. The molecule has 1 heteroatoms. The Bertz CT molecular complexity index is 547. The Kier molecular flexibility index (Phi) is 6.37. The van der Waals surface area contributed by atoms with E-state index in [1.54, 1.807) is 0 Å². The van der Waals surface area contributed by atoms with Gasteiger partial charge in [0.05, 0.1) is 12.2 Å². The SMILES string of the molecule is C=CC(OC(C=C)C(C)c1ccccc1)C(C)c1ccccc1. The number of rotatable bonds is 8. The van der Waals surface area contributed by atoms with E-state index in [1.807, 2.05) is 24.3 Å². The minimum atomic E-state index is -0.0495. The van der Waals surface area contributed by atoms with Crippen LogP contribution in [0.3, 0.4) is 0 Å². The van der Waals surface area contributed by atoms with Crippen molar-refractivity contribution >= 4 is 0 Å². The molecule has 0 saturated heterocycles. The zero-order valence-corrected chi connectivity index (χ0v) is 14.1. The highest BCUT2D eigenvalue weighted by Crippen LogP contribution is 2.28. The van der Waals surface area contributed by atoms with Gasteiger partial charge in [0.15, 0.2) is 0 Å². The fraction of sp³-hybridized carbons (Fsp3) is 0.273. The van der Waals surface area contributed by atoms with Gasteiger partial charge in [0.25, 0.3) is 0 Å². The van der Waals surface area contributed by atoms with Crippen LogP contribution in [-0.4, -0.2) is 12.2 Å². The van der Waals surface area contributed by atoms with Gasteiger partial charge in [0, 0.05) is 11.8 Å². The first kappa shape index (κ1) is 17.2. The minimum Gasteiger partial charge on any atom is -0.366 e. The monoisotopic (exact) mass is 306 g/mol. The molecule has 0 aliphatic heterocycles. The summed E-state index contributed by atoms with van der Waals surface area (Å²) in [5, 5.41) is 0. The predicted octanol–water partition coefficient (Wildman–Crippen LogP) is 5.72. The molecule has 23 heavy (non-hydrogen) atoms. The zero-order chi connectivity index (χ0) is 16.7. The van der Waals surface area contributed by atoms with Crippen molar-refractivity contribution in [2.45, 2.75) is 37.9 Å². The lowest BCUT2D eigenvalue weighted by atomic mass is 9.92. The lowest BCUT2D eigenvalue weighted by molar-refractivity contribution is 0.0175. The van der Waals surface area contributed by atoms with E-state index >= 15 is 0 Å². The van der Waals surface area contributed by atoms with Crippen LogP contribution in [0.1, 0.15) is 36.8 Å². The van der Waals surface area contributed by atoms with Crippen molar-refractivity contribution in [2.24, 2.45) is 0 Å². The van der Waals surface area contributed by atoms with E-state index in [-0.39, 0.29) is 24.0 Å². The Morgan fingerprint density at radius 1 is 0.696 bits per heavy atom. The topological polar surface area (TPSA) is 9.23 Å². The largest absolute Gasteiger partial charge is 0.366 e. The Morgan fingerprint density at radius 3 is 1.35 bits per heavy atom. The van der Waals surface area contributed by atoms with Gasteiger partial charge in [0.1, 0.15) is 0 Å². The maximum Gasteiger partial charge on any atom is 0.0827 e. The molecule has 0 heterocycles. The maximum absolute atomic E-state index is 6.35. The first-order valence-electron chi connectivity index (χ1n) is 8.17. The van der Waals surface area contributed by atoms with E-state index in [4.69, 9.17) is 4.74 Å². The summed E-state index contributed by atoms with van der Waals surface area (Å²) in [5.74, 6) is 0.498. The maximum atomic E-state index is 6.35. The van der Waals surface area contributed by atoms with Gasteiger partial charge in [-0.3, -0.25) is 0 Å². The molecule has 0 bridgehead atoms. The molecule has 4 atom stereocenters. The fourth-order valence-corrected chi connectivity index (χ4v) is 2.83. The van der Waals surface area contributed by atoms with Crippen molar-refractivity contribution in [3.63, 3.8) is 0 Å². The molecule has 0 aliphatic carbocycles. The van der Waals surface area contributed by atoms with Gasteiger partial charge >= 0.3 is 0 Å². The molecule has 1 nitrogen and oxygen atoms in total. The van der Waals surface area contributed by atoms with Crippen LogP contribution >= 0.6 is 0 Å². The molecule has 0 fully saturated rings. The summed E-state index contributed by atoms with van der Waals surface area (Å²) >= 11 is 0. The highest BCUT2D eigenvalue weighted by Gasteiger charge is 2.23. The average molecular weight is 306 g/mol. The van der Waals surface area contributed by atoms with Gasteiger partial charge in [-0.05, 0) is 11.1 Å². The number of hydrogen-bond donors (Lipinski definition) is 0. The third kappa shape index (κ3) is 4.43. The summed E-state index contributed by atoms with van der Waals surface area (Å²) in [6, 6.07) is 20.8. The van der Waals surface area contributed by atoms with Gasteiger partial charge in [-0.1, -0.05) is 86.7 Å². The van der Waals surface area contributed by atoms with E-state index in [9.17, 15) is 0 Å². The van der Waals surface area contributed by atoms with E-state index in [0.717, 1.165) is 0 Å². The van der Waals surface area contributed by atoms with Gasteiger partial charge < -0.3 is 4.74 Å². The third-order valence-corrected chi connectivity index (χ3v) is 4.42. The zero-order valence-electron chi connectivity index (χ0n) is 14.1. The van der Waals surface area contributed by atoms with E-state index < -0.39 is 0 Å². The highest BCUT2D eigenvalue weighted by atomic mass is 16.5. The molecule has 2 aromatic carbocycles. The van der Waals surface area contributed by atoms with E-state index in [1.165, 1.54) is 11.1 Å². The van der Waals surface area contributed by atoms with Crippen LogP contribution in [0.5, 0.6) is 0 Å². The van der Waals surface area contributed by atoms with Gasteiger partial charge in [-0.15, -0.1) is 13.2 Å². The standard InChI is InChI=1S/C22H26O/c1-5-21(17(3)19-13-9-7-10-14-19)23-22(6-2)18(4)20-15-11-8-12-16-20/h5-18,21-22H,1-2H2,3-4H3. The summed E-state index contributed by atoms with van der Waals surface area (Å²) in [4.78, 5) is 0. The molecule has 0 saturated carbocycles. The fourth-order valence-electron chi connectivity index (χ4n) is 2.83. The normalized spacial score (nSPS) is 16.1. The van der Waals surface area contributed by atoms with Crippen LogP contribution < -0.4 is 0 Å². The molecule has 0 aliphatic rings. The van der Waals surface area contributed by atoms with Gasteiger partial charge in [0.2, 0.25) is 0 Å². The Labute approximate surface area is 140 Å². The molecule has 2 rings (SSSR count). The van der Waals surface area contributed by atoms with Crippen molar-refractivity contribution in [1.29, 1.82) is 0 Å². The number of benzene rings is 2. The summed E-state index contributed by atoms with van der Waals surface area (Å²) in [6.45, 7) is 12.3. The van der Waals surface area contributed by atoms with E-state index in [0.29, 0.717) is 0 Å². The predicted molar refractivity (Wildman–Crippen MR) is 98.8 cm³/mol. The second kappa shape index (κ2) is 8.50. The van der Waals surface area contributed by atoms with Crippen molar-refractivity contribution in [1.82, 2.24) is 0 Å². The van der Waals surface area contributed by atoms with Crippen LogP contribution in [-0.2, 0) is 4.74 Å². The quantitative estimate of drug-likeness (QED) is 0.567. The van der Waals surface area contributed by atoms with Crippen LogP contribution in [0.4, 0.5) is 0 Å². The second-order valence-corrected chi connectivity index (χ2v) is 5.94. The van der Waals surface area contributed by atoms with E-state index in [2.05, 4.69) is 75.5 Å². The molecule has 0 radical (unpaired) electrons. The van der Waals surface area contributed by atoms with Crippen molar-refractivity contribution in [3.8, 4) is 0 Å². The third-order valence-electron chi connectivity index (χ3n) is 4.42. The molecule has 4 unspecified atom stereocenters. The summed E-state index contributed by atoms with van der Waals surface area (Å²) in [7, 11) is 0. The Balaban J connectivity index is 2.12. The highest BCUT2D eigenvalue weighted by molar-refractivity contribution is 5.23. The lowest BCUT2D eigenvalue weighted by Gasteiger charge is -2.29. The van der Waals surface area contributed by atoms with Crippen LogP contribution in [0, 0.1) is 0 Å². The Morgan fingerprint density at radius 2 is 1.04 bits per heavy atom. The first-order valence-corrected chi connectivity index (χ1v) is 8.17. The molecule has 2 aromatic rings. The Hall–Kier alpha value is -2.12.